The van der Waals surface area contributed by atoms with E-state index in [0.717, 1.165) is 0 Å². The molecule has 31 heavy (non-hydrogen) atoms. The summed E-state index contributed by atoms with van der Waals surface area (Å²) in [5, 5.41) is 2.84. The molecule has 168 valence electrons. The number of carbonyl (C=O) groups is 1. The number of ether oxygens (including phenoxy) is 2. The van der Waals surface area contributed by atoms with Crippen LogP contribution >= 0.6 is 0 Å². The molecule has 0 aromatic heterocycles. The van der Waals surface area contributed by atoms with Gasteiger partial charge in [-0.15, -0.1) is 0 Å². The van der Waals surface area contributed by atoms with Crippen LogP contribution in [0.4, 0.5) is 4.39 Å². The van der Waals surface area contributed by atoms with E-state index in [2.05, 4.69) is 5.32 Å². The second kappa shape index (κ2) is 9.65. The lowest BCUT2D eigenvalue weighted by molar-refractivity contribution is -0.126. The van der Waals surface area contributed by atoms with Gasteiger partial charge in [0, 0.05) is 30.6 Å². The number of methoxy groups -OCH3 is 2. The van der Waals surface area contributed by atoms with Gasteiger partial charge >= 0.3 is 0 Å². The Morgan fingerprint density at radius 2 is 1.74 bits per heavy atom. The van der Waals surface area contributed by atoms with Crippen molar-refractivity contribution in [2.75, 3.05) is 27.3 Å². The summed E-state index contributed by atoms with van der Waals surface area (Å²) in [4.78, 5) is 12.8. The van der Waals surface area contributed by atoms with Gasteiger partial charge in [0.2, 0.25) is 15.9 Å². The second-order valence-corrected chi connectivity index (χ2v) is 9.38. The van der Waals surface area contributed by atoms with Gasteiger partial charge in [-0.1, -0.05) is 18.2 Å². The molecule has 1 saturated heterocycles. The molecule has 0 radical (unpaired) electrons. The Labute approximate surface area is 182 Å². The van der Waals surface area contributed by atoms with Crippen molar-refractivity contribution in [3.05, 3.63) is 53.8 Å². The molecule has 1 N–H and O–H groups in total. The molecule has 1 aliphatic rings. The predicted octanol–water partition coefficient (Wildman–Crippen LogP) is 3.12. The molecule has 1 fully saturated rings. The molecule has 2 aromatic rings. The fourth-order valence-electron chi connectivity index (χ4n) is 3.72. The first-order valence-corrected chi connectivity index (χ1v) is 11.5. The van der Waals surface area contributed by atoms with Crippen molar-refractivity contribution in [3.63, 3.8) is 0 Å². The zero-order chi connectivity index (χ0) is 22.6. The molecular formula is C22H27FN2O5S. The molecule has 0 aliphatic carbocycles. The van der Waals surface area contributed by atoms with Crippen LogP contribution in [0.3, 0.4) is 0 Å². The van der Waals surface area contributed by atoms with E-state index in [1.165, 1.54) is 36.7 Å². The van der Waals surface area contributed by atoms with Gasteiger partial charge in [-0.25, -0.2) is 12.8 Å². The van der Waals surface area contributed by atoms with E-state index in [4.69, 9.17) is 9.47 Å². The van der Waals surface area contributed by atoms with Gasteiger partial charge in [0.25, 0.3) is 0 Å². The molecule has 9 heteroatoms. The number of sulfonamides is 1. The maximum absolute atomic E-state index is 13.9. The van der Waals surface area contributed by atoms with Crippen molar-refractivity contribution in [1.29, 1.82) is 0 Å². The maximum atomic E-state index is 13.9. The average Bonchev–Trinajstić information content (AvgIpc) is 2.78. The lowest BCUT2D eigenvalue weighted by atomic mass is 9.96. The Balaban J connectivity index is 1.63. The zero-order valence-corrected chi connectivity index (χ0v) is 18.6. The summed E-state index contributed by atoms with van der Waals surface area (Å²) in [6.07, 6.45) is 0.782. The SMILES string of the molecule is COc1ccc(S(=O)(=O)N2CCC(C(=O)NC(C)c3ccccc3F)CC2)cc1OC. The lowest BCUT2D eigenvalue weighted by Gasteiger charge is -2.31. The Morgan fingerprint density at radius 3 is 2.35 bits per heavy atom. The van der Waals surface area contributed by atoms with E-state index < -0.39 is 16.1 Å². The average molecular weight is 451 g/mol. The number of hydrogen-bond donors (Lipinski definition) is 1. The highest BCUT2D eigenvalue weighted by Gasteiger charge is 2.33. The number of halogens is 1. The summed E-state index contributed by atoms with van der Waals surface area (Å²) in [5.41, 5.74) is 0.421. The summed E-state index contributed by atoms with van der Waals surface area (Å²) in [5.74, 6) is -0.114. The number of rotatable bonds is 7. The zero-order valence-electron chi connectivity index (χ0n) is 17.8. The van der Waals surface area contributed by atoms with E-state index in [9.17, 15) is 17.6 Å². The number of amides is 1. The van der Waals surface area contributed by atoms with Crippen molar-refractivity contribution < 1.29 is 27.1 Å². The van der Waals surface area contributed by atoms with Gasteiger partial charge in [0.1, 0.15) is 5.82 Å². The Morgan fingerprint density at radius 1 is 1.10 bits per heavy atom. The lowest BCUT2D eigenvalue weighted by Crippen LogP contribution is -2.43. The molecular weight excluding hydrogens is 423 g/mol. The molecule has 1 heterocycles. The van der Waals surface area contributed by atoms with Gasteiger partial charge in [0.15, 0.2) is 11.5 Å². The summed E-state index contributed by atoms with van der Waals surface area (Å²) >= 11 is 0. The topological polar surface area (TPSA) is 84.9 Å². The Kier molecular flexibility index (Phi) is 7.17. The fraction of sp³-hybridized carbons (Fsp3) is 0.409. The van der Waals surface area contributed by atoms with Crippen LogP contribution in [-0.4, -0.2) is 45.9 Å². The highest BCUT2D eigenvalue weighted by atomic mass is 32.2. The van der Waals surface area contributed by atoms with Crippen LogP contribution in [0.1, 0.15) is 31.4 Å². The smallest absolute Gasteiger partial charge is 0.243 e. The minimum atomic E-state index is -3.72. The number of nitrogens with one attached hydrogen (secondary N) is 1. The standard InChI is InChI=1S/C22H27FN2O5S/c1-15(18-6-4-5-7-19(18)23)24-22(26)16-10-12-25(13-11-16)31(27,28)17-8-9-20(29-2)21(14-17)30-3/h4-9,14-16H,10-13H2,1-3H3,(H,24,26). The number of nitrogens with zero attached hydrogens (tertiary/aromatic N) is 1. The van der Waals surface area contributed by atoms with Crippen LogP contribution in [-0.2, 0) is 14.8 Å². The summed E-state index contributed by atoms with van der Waals surface area (Å²) in [6.45, 7) is 2.18. The molecule has 3 rings (SSSR count). The highest BCUT2D eigenvalue weighted by molar-refractivity contribution is 7.89. The number of piperidine rings is 1. The normalized spacial score (nSPS) is 16.5. The summed E-state index contributed by atoms with van der Waals surface area (Å²) < 4.78 is 51.7. The third kappa shape index (κ3) is 4.99. The first-order valence-electron chi connectivity index (χ1n) is 10.0. The van der Waals surface area contributed by atoms with Crippen molar-refractivity contribution >= 4 is 15.9 Å². The van der Waals surface area contributed by atoms with Crippen LogP contribution < -0.4 is 14.8 Å². The van der Waals surface area contributed by atoms with Crippen LogP contribution in [0.15, 0.2) is 47.4 Å². The maximum Gasteiger partial charge on any atom is 0.243 e. The van der Waals surface area contributed by atoms with Crippen molar-refractivity contribution in [3.8, 4) is 11.5 Å². The van der Waals surface area contributed by atoms with E-state index in [1.54, 1.807) is 31.2 Å². The molecule has 7 nitrogen and oxygen atoms in total. The van der Waals surface area contributed by atoms with Crippen molar-refractivity contribution in [2.24, 2.45) is 5.92 Å². The van der Waals surface area contributed by atoms with E-state index >= 15 is 0 Å². The van der Waals surface area contributed by atoms with Crippen LogP contribution in [0.2, 0.25) is 0 Å². The number of benzene rings is 2. The van der Waals surface area contributed by atoms with Crippen molar-refractivity contribution in [1.82, 2.24) is 9.62 Å². The van der Waals surface area contributed by atoms with Crippen LogP contribution in [0.5, 0.6) is 11.5 Å². The first kappa shape index (κ1) is 23.0. The van der Waals surface area contributed by atoms with Gasteiger partial charge < -0.3 is 14.8 Å². The molecule has 2 aromatic carbocycles. The minimum absolute atomic E-state index is 0.112. The molecule has 1 atom stereocenters. The monoisotopic (exact) mass is 450 g/mol. The highest BCUT2D eigenvalue weighted by Crippen LogP contribution is 2.32. The molecule has 1 amide bonds. The predicted molar refractivity (Wildman–Crippen MR) is 114 cm³/mol. The van der Waals surface area contributed by atoms with E-state index in [0.29, 0.717) is 29.9 Å². The van der Waals surface area contributed by atoms with E-state index in [1.807, 2.05) is 0 Å². The third-order valence-electron chi connectivity index (χ3n) is 5.55. The Hall–Kier alpha value is -2.65. The van der Waals surface area contributed by atoms with Crippen molar-refractivity contribution in [2.45, 2.75) is 30.7 Å². The third-order valence-corrected chi connectivity index (χ3v) is 7.44. The van der Waals surface area contributed by atoms with Crippen LogP contribution in [0, 0.1) is 11.7 Å². The van der Waals surface area contributed by atoms with Gasteiger partial charge in [-0.2, -0.15) is 4.31 Å². The fourth-order valence-corrected chi connectivity index (χ4v) is 5.21. The van der Waals surface area contributed by atoms with Gasteiger partial charge in [-0.05, 0) is 38.0 Å². The quantitative estimate of drug-likeness (QED) is 0.701. The molecule has 0 saturated carbocycles. The van der Waals surface area contributed by atoms with Gasteiger partial charge in [-0.3, -0.25) is 4.79 Å². The second-order valence-electron chi connectivity index (χ2n) is 7.45. The van der Waals surface area contributed by atoms with E-state index in [-0.39, 0.29) is 35.6 Å². The molecule has 1 unspecified atom stereocenters. The largest absolute Gasteiger partial charge is 0.493 e. The van der Waals surface area contributed by atoms with Gasteiger partial charge in [0.05, 0.1) is 25.2 Å². The minimum Gasteiger partial charge on any atom is -0.493 e. The Bertz CT molecular complexity index is 1040. The first-order chi connectivity index (χ1) is 14.8. The number of hydrogen-bond acceptors (Lipinski definition) is 5. The summed E-state index contributed by atoms with van der Waals surface area (Å²) in [6, 6.07) is 10.3. The van der Waals surface area contributed by atoms with Crippen LogP contribution in [0.25, 0.3) is 0 Å². The molecule has 0 bridgehead atoms. The molecule has 1 aliphatic heterocycles. The number of carbonyl (C=O) groups excluding carboxylic acids is 1. The molecule has 0 spiro atoms. The summed E-state index contributed by atoms with van der Waals surface area (Å²) in [7, 11) is -0.798.